The molecule has 0 aliphatic rings. The summed E-state index contributed by atoms with van der Waals surface area (Å²) in [6.45, 7) is 4.19. The second kappa shape index (κ2) is 6.05. The summed E-state index contributed by atoms with van der Waals surface area (Å²) in [4.78, 5) is 6.40. The molecule has 1 unspecified atom stereocenters. The molecule has 5 nitrogen and oxygen atoms in total. The van der Waals surface area contributed by atoms with Crippen molar-refractivity contribution in [2.24, 2.45) is 5.73 Å². The van der Waals surface area contributed by atoms with Gasteiger partial charge in [0.05, 0.1) is 0 Å². The molecule has 1 aromatic carbocycles. The summed E-state index contributed by atoms with van der Waals surface area (Å²) in [7, 11) is 4.06. The number of hydrogen-bond donors (Lipinski definition) is 1. The van der Waals surface area contributed by atoms with Crippen molar-refractivity contribution >= 4 is 5.69 Å². The minimum absolute atomic E-state index is 0.0726. The molecular formula is C15H23N5. The predicted molar refractivity (Wildman–Crippen MR) is 81.8 cm³/mol. The average Bonchev–Trinajstić information content (AvgIpc) is 2.87. The van der Waals surface area contributed by atoms with Crippen LogP contribution in [0.2, 0.25) is 0 Å². The zero-order valence-electron chi connectivity index (χ0n) is 12.6. The van der Waals surface area contributed by atoms with Crippen LogP contribution >= 0.6 is 0 Å². The van der Waals surface area contributed by atoms with Gasteiger partial charge in [-0.25, -0.2) is 9.67 Å². The molecule has 0 radical (unpaired) electrons. The summed E-state index contributed by atoms with van der Waals surface area (Å²) >= 11 is 0. The largest absolute Gasteiger partial charge is 0.378 e. The Morgan fingerprint density at radius 1 is 1.30 bits per heavy atom. The quantitative estimate of drug-likeness (QED) is 0.907. The Morgan fingerprint density at radius 2 is 2.05 bits per heavy atom. The second-order valence-electron chi connectivity index (χ2n) is 5.51. The molecule has 1 aromatic heterocycles. The van der Waals surface area contributed by atoms with E-state index in [0.29, 0.717) is 12.5 Å². The Morgan fingerprint density at radius 3 is 2.70 bits per heavy atom. The third kappa shape index (κ3) is 3.17. The lowest BCUT2D eigenvalue weighted by molar-refractivity contribution is 0.493. The Hall–Kier alpha value is -1.88. The van der Waals surface area contributed by atoms with Gasteiger partial charge in [0.15, 0.2) is 0 Å². The van der Waals surface area contributed by atoms with Gasteiger partial charge in [0, 0.05) is 38.3 Å². The Balaban J connectivity index is 2.17. The normalized spacial score (nSPS) is 12.7. The number of rotatable bonds is 5. The van der Waals surface area contributed by atoms with Crippen molar-refractivity contribution in [1.29, 1.82) is 0 Å². The van der Waals surface area contributed by atoms with Crippen LogP contribution in [0, 0.1) is 0 Å². The minimum Gasteiger partial charge on any atom is -0.378 e. The average molecular weight is 273 g/mol. The van der Waals surface area contributed by atoms with Gasteiger partial charge in [0.2, 0.25) is 0 Å². The van der Waals surface area contributed by atoms with E-state index in [-0.39, 0.29) is 6.04 Å². The fraction of sp³-hybridized carbons (Fsp3) is 0.467. The maximum absolute atomic E-state index is 6.32. The van der Waals surface area contributed by atoms with Gasteiger partial charge >= 0.3 is 0 Å². The molecular weight excluding hydrogens is 250 g/mol. The molecule has 0 saturated carbocycles. The van der Waals surface area contributed by atoms with Crippen LogP contribution in [0.25, 0.3) is 0 Å². The number of aromatic nitrogens is 3. The smallest absolute Gasteiger partial charge is 0.138 e. The lowest BCUT2D eigenvalue weighted by atomic mass is 10.0. The third-order valence-corrected chi connectivity index (χ3v) is 3.35. The lowest BCUT2D eigenvalue weighted by Crippen LogP contribution is -2.18. The van der Waals surface area contributed by atoms with Crippen LogP contribution in [0.1, 0.15) is 37.3 Å². The molecule has 20 heavy (non-hydrogen) atoms. The highest BCUT2D eigenvalue weighted by Crippen LogP contribution is 2.21. The highest BCUT2D eigenvalue weighted by molar-refractivity contribution is 5.47. The maximum atomic E-state index is 6.32. The zero-order valence-corrected chi connectivity index (χ0v) is 12.6. The van der Waals surface area contributed by atoms with Gasteiger partial charge in [-0.15, -0.1) is 0 Å². The van der Waals surface area contributed by atoms with E-state index in [1.54, 1.807) is 6.33 Å². The molecule has 0 bridgehead atoms. The summed E-state index contributed by atoms with van der Waals surface area (Å²) in [6, 6.07) is 8.53. The van der Waals surface area contributed by atoms with Gasteiger partial charge in [0.1, 0.15) is 12.2 Å². The zero-order chi connectivity index (χ0) is 14.7. The van der Waals surface area contributed by atoms with Crippen LogP contribution in [-0.4, -0.2) is 28.9 Å². The van der Waals surface area contributed by atoms with Crippen molar-refractivity contribution in [1.82, 2.24) is 14.8 Å². The first-order valence-corrected chi connectivity index (χ1v) is 6.90. The van der Waals surface area contributed by atoms with E-state index < -0.39 is 0 Å². The van der Waals surface area contributed by atoms with Crippen LogP contribution in [0.5, 0.6) is 0 Å². The van der Waals surface area contributed by atoms with E-state index in [1.807, 2.05) is 24.8 Å². The molecule has 1 heterocycles. The number of nitrogens with zero attached hydrogens (tertiary/aromatic N) is 4. The summed E-state index contributed by atoms with van der Waals surface area (Å²) in [5.41, 5.74) is 8.60. The summed E-state index contributed by atoms with van der Waals surface area (Å²) in [6.07, 6.45) is 2.29. The maximum Gasteiger partial charge on any atom is 0.138 e. The number of anilines is 1. The Bertz CT molecular complexity index is 559. The molecule has 0 aliphatic carbocycles. The molecule has 5 heteroatoms. The molecule has 0 amide bonds. The SMILES string of the molecule is CC(C)n1ncnc1CC(N)c1cccc(N(C)C)c1. The second-order valence-corrected chi connectivity index (χ2v) is 5.51. The fourth-order valence-electron chi connectivity index (χ4n) is 2.20. The van der Waals surface area contributed by atoms with E-state index in [1.165, 1.54) is 0 Å². The molecule has 1 atom stereocenters. The molecule has 2 aromatic rings. The van der Waals surface area contributed by atoms with Crippen LogP contribution in [0.15, 0.2) is 30.6 Å². The van der Waals surface area contributed by atoms with E-state index in [2.05, 4.69) is 47.0 Å². The molecule has 2 rings (SSSR count). The standard InChI is InChI=1S/C15H23N5/c1-11(2)20-15(17-10-18-20)9-14(16)12-6-5-7-13(8-12)19(3)4/h5-8,10-11,14H,9,16H2,1-4H3. The summed E-state index contributed by atoms with van der Waals surface area (Å²) in [5.74, 6) is 0.933. The highest BCUT2D eigenvalue weighted by Gasteiger charge is 2.14. The van der Waals surface area contributed by atoms with E-state index in [4.69, 9.17) is 5.73 Å². The van der Waals surface area contributed by atoms with Crippen LogP contribution in [-0.2, 0) is 6.42 Å². The number of benzene rings is 1. The van der Waals surface area contributed by atoms with Crippen LogP contribution in [0.3, 0.4) is 0 Å². The molecule has 0 spiro atoms. The van der Waals surface area contributed by atoms with E-state index in [9.17, 15) is 0 Å². The van der Waals surface area contributed by atoms with Crippen molar-refractivity contribution < 1.29 is 0 Å². The van der Waals surface area contributed by atoms with E-state index >= 15 is 0 Å². The van der Waals surface area contributed by atoms with Gasteiger partial charge in [-0.3, -0.25) is 0 Å². The van der Waals surface area contributed by atoms with Crippen molar-refractivity contribution in [3.63, 3.8) is 0 Å². The van der Waals surface area contributed by atoms with Gasteiger partial charge in [-0.1, -0.05) is 12.1 Å². The van der Waals surface area contributed by atoms with Crippen LogP contribution in [0.4, 0.5) is 5.69 Å². The van der Waals surface area contributed by atoms with Crippen molar-refractivity contribution in [2.45, 2.75) is 32.4 Å². The number of hydrogen-bond acceptors (Lipinski definition) is 4. The highest BCUT2D eigenvalue weighted by atomic mass is 15.3. The molecule has 0 fully saturated rings. The topological polar surface area (TPSA) is 60.0 Å². The van der Waals surface area contributed by atoms with Gasteiger partial charge in [0.25, 0.3) is 0 Å². The van der Waals surface area contributed by atoms with Gasteiger partial charge < -0.3 is 10.6 Å². The number of nitrogens with two attached hydrogens (primary N) is 1. The molecule has 0 aliphatic heterocycles. The van der Waals surface area contributed by atoms with E-state index in [0.717, 1.165) is 17.1 Å². The predicted octanol–water partition coefficient (Wildman–Crippen LogP) is 2.17. The molecule has 108 valence electrons. The van der Waals surface area contributed by atoms with Gasteiger partial charge in [-0.05, 0) is 31.5 Å². The van der Waals surface area contributed by atoms with Crippen molar-refractivity contribution in [3.05, 3.63) is 42.0 Å². The Kier molecular flexibility index (Phi) is 4.39. The fourth-order valence-corrected chi connectivity index (χ4v) is 2.20. The summed E-state index contributed by atoms with van der Waals surface area (Å²) < 4.78 is 1.93. The monoisotopic (exact) mass is 273 g/mol. The third-order valence-electron chi connectivity index (χ3n) is 3.35. The summed E-state index contributed by atoms with van der Waals surface area (Å²) in [5, 5.41) is 4.25. The van der Waals surface area contributed by atoms with Crippen molar-refractivity contribution in [2.75, 3.05) is 19.0 Å². The molecule has 0 saturated heterocycles. The Labute approximate surface area is 120 Å². The molecule has 2 N–H and O–H groups in total. The van der Waals surface area contributed by atoms with Crippen LogP contribution < -0.4 is 10.6 Å². The first kappa shape index (κ1) is 14.5. The first-order valence-electron chi connectivity index (χ1n) is 6.90. The van der Waals surface area contributed by atoms with Gasteiger partial charge in [-0.2, -0.15) is 5.10 Å². The first-order chi connectivity index (χ1) is 9.49. The lowest BCUT2D eigenvalue weighted by Gasteiger charge is -2.17. The van der Waals surface area contributed by atoms with Crippen molar-refractivity contribution in [3.8, 4) is 0 Å². The minimum atomic E-state index is -0.0726.